The molecule has 1 fully saturated rings. The molecule has 6 heteroatoms. The molecule has 2 rings (SSSR count). The van der Waals surface area contributed by atoms with Crippen LogP contribution in [0.3, 0.4) is 0 Å². The highest BCUT2D eigenvalue weighted by Crippen LogP contribution is 2.27. The van der Waals surface area contributed by atoms with Crippen LogP contribution in [-0.2, 0) is 20.9 Å². The van der Waals surface area contributed by atoms with Crippen LogP contribution in [-0.4, -0.2) is 46.4 Å². The summed E-state index contributed by atoms with van der Waals surface area (Å²) >= 11 is 0. The standard InChI is InChI=1S/C16H21NO5/c1-16(2,3)22-12-9-17(13(12)14(18)19)15(20)21-10-11-7-5-4-6-8-11/h4-8,12-13H,9-10H2,1-3H3,(H,18,19)/t12-,13+/m1/s1. The molecule has 0 spiro atoms. The first-order valence-electron chi connectivity index (χ1n) is 7.16. The Balaban J connectivity index is 1.91. The lowest BCUT2D eigenvalue weighted by Gasteiger charge is -2.46. The van der Waals surface area contributed by atoms with Crippen LogP contribution in [0.4, 0.5) is 4.79 Å². The smallest absolute Gasteiger partial charge is 0.411 e. The number of ether oxygens (including phenoxy) is 2. The topological polar surface area (TPSA) is 76.1 Å². The molecule has 1 amide bonds. The van der Waals surface area contributed by atoms with Gasteiger partial charge >= 0.3 is 12.1 Å². The zero-order chi connectivity index (χ0) is 16.3. The number of nitrogens with zero attached hydrogens (tertiary/aromatic N) is 1. The maximum atomic E-state index is 12.0. The van der Waals surface area contributed by atoms with Crippen molar-refractivity contribution in [2.24, 2.45) is 0 Å². The Morgan fingerprint density at radius 1 is 1.27 bits per heavy atom. The van der Waals surface area contributed by atoms with Gasteiger partial charge in [-0.05, 0) is 26.3 Å². The Bertz CT molecular complexity index is 537. The molecule has 1 aliphatic heterocycles. The lowest BCUT2D eigenvalue weighted by molar-refractivity contribution is -0.179. The molecule has 1 saturated heterocycles. The summed E-state index contributed by atoms with van der Waals surface area (Å²) in [4.78, 5) is 24.5. The molecule has 1 aliphatic rings. The van der Waals surface area contributed by atoms with E-state index in [-0.39, 0.29) is 13.2 Å². The van der Waals surface area contributed by atoms with Gasteiger partial charge in [0.15, 0.2) is 6.04 Å². The van der Waals surface area contributed by atoms with Gasteiger partial charge in [0.2, 0.25) is 0 Å². The normalized spacial score (nSPS) is 21.1. The van der Waals surface area contributed by atoms with Crippen LogP contribution in [0.5, 0.6) is 0 Å². The zero-order valence-electron chi connectivity index (χ0n) is 13.0. The number of carbonyl (C=O) groups is 2. The lowest BCUT2D eigenvalue weighted by atomic mass is 9.99. The monoisotopic (exact) mass is 307 g/mol. The molecular weight excluding hydrogens is 286 g/mol. The van der Waals surface area contributed by atoms with Gasteiger partial charge in [-0.15, -0.1) is 0 Å². The molecular formula is C16H21NO5. The minimum Gasteiger partial charge on any atom is -0.480 e. The number of carboxylic acid groups (broad SMARTS) is 1. The van der Waals surface area contributed by atoms with Crippen LogP contribution in [0.15, 0.2) is 30.3 Å². The summed E-state index contributed by atoms with van der Waals surface area (Å²) in [6.07, 6.45) is -1.15. The molecule has 0 aliphatic carbocycles. The summed E-state index contributed by atoms with van der Waals surface area (Å²) in [6.45, 7) is 5.89. The van der Waals surface area contributed by atoms with Crippen molar-refractivity contribution < 1.29 is 24.2 Å². The second kappa shape index (κ2) is 6.36. The molecule has 0 aromatic heterocycles. The van der Waals surface area contributed by atoms with E-state index in [0.717, 1.165) is 5.56 Å². The number of hydrogen-bond acceptors (Lipinski definition) is 4. The van der Waals surface area contributed by atoms with Crippen LogP contribution in [0.2, 0.25) is 0 Å². The predicted molar refractivity (Wildman–Crippen MR) is 79.4 cm³/mol. The van der Waals surface area contributed by atoms with Gasteiger partial charge in [0.1, 0.15) is 12.7 Å². The number of likely N-dealkylation sites (tertiary alicyclic amines) is 1. The van der Waals surface area contributed by atoms with Crippen LogP contribution in [0, 0.1) is 0 Å². The van der Waals surface area contributed by atoms with Crippen molar-refractivity contribution >= 4 is 12.1 Å². The van der Waals surface area contributed by atoms with Gasteiger partial charge < -0.3 is 14.6 Å². The Hall–Kier alpha value is -2.08. The highest BCUT2D eigenvalue weighted by molar-refractivity contribution is 5.83. The van der Waals surface area contributed by atoms with Crippen LogP contribution in [0.1, 0.15) is 26.3 Å². The third-order valence-electron chi connectivity index (χ3n) is 3.26. The second-order valence-corrected chi connectivity index (χ2v) is 6.24. The summed E-state index contributed by atoms with van der Waals surface area (Å²) in [7, 11) is 0. The van der Waals surface area contributed by atoms with E-state index in [4.69, 9.17) is 9.47 Å². The lowest BCUT2D eigenvalue weighted by Crippen LogP contribution is -2.67. The average molecular weight is 307 g/mol. The molecule has 0 unspecified atom stereocenters. The Morgan fingerprint density at radius 3 is 2.45 bits per heavy atom. The summed E-state index contributed by atoms with van der Waals surface area (Å²) in [5.74, 6) is -1.09. The first kappa shape index (κ1) is 16.3. The number of rotatable bonds is 4. The summed E-state index contributed by atoms with van der Waals surface area (Å²) < 4.78 is 10.8. The quantitative estimate of drug-likeness (QED) is 0.923. The molecule has 2 atom stereocenters. The predicted octanol–water partition coefficient (Wildman–Crippen LogP) is 2.28. The number of carboxylic acids is 1. The van der Waals surface area contributed by atoms with E-state index in [1.54, 1.807) is 0 Å². The maximum absolute atomic E-state index is 12.0. The average Bonchev–Trinajstić information content (AvgIpc) is 2.40. The Labute approximate surface area is 129 Å². The third kappa shape index (κ3) is 3.98. The molecule has 0 radical (unpaired) electrons. The van der Waals surface area contributed by atoms with E-state index in [0.29, 0.717) is 0 Å². The van der Waals surface area contributed by atoms with Gasteiger partial charge in [-0.2, -0.15) is 0 Å². The van der Waals surface area contributed by atoms with Crippen molar-refractivity contribution in [2.75, 3.05) is 6.54 Å². The SMILES string of the molecule is CC(C)(C)O[C@@H]1CN(C(=O)OCc2ccccc2)[C@@H]1C(=O)O. The van der Waals surface area contributed by atoms with Crippen molar-refractivity contribution in [2.45, 2.75) is 45.1 Å². The molecule has 0 saturated carbocycles. The van der Waals surface area contributed by atoms with Gasteiger partial charge in [0, 0.05) is 0 Å². The number of carbonyl (C=O) groups excluding carboxylic acids is 1. The van der Waals surface area contributed by atoms with Crippen molar-refractivity contribution in [3.05, 3.63) is 35.9 Å². The van der Waals surface area contributed by atoms with Crippen molar-refractivity contribution in [1.29, 1.82) is 0 Å². The second-order valence-electron chi connectivity index (χ2n) is 6.24. The van der Waals surface area contributed by atoms with E-state index >= 15 is 0 Å². The molecule has 6 nitrogen and oxygen atoms in total. The maximum Gasteiger partial charge on any atom is 0.411 e. The number of benzene rings is 1. The molecule has 1 aromatic rings. The molecule has 1 aromatic carbocycles. The molecule has 0 bridgehead atoms. The largest absolute Gasteiger partial charge is 0.480 e. The van der Waals surface area contributed by atoms with Crippen molar-refractivity contribution in [3.63, 3.8) is 0 Å². The molecule has 120 valence electrons. The van der Waals surface area contributed by atoms with E-state index in [1.807, 2.05) is 51.1 Å². The summed E-state index contributed by atoms with van der Waals surface area (Å²) in [5, 5.41) is 9.28. The van der Waals surface area contributed by atoms with Crippen LogP contribution >= 0.6 is 0 Å². The zero-order valence-corrected chi connectivity index (χ0v) is 13.0. The highest BCUT2D eigenvalue weighted by Gasteiger charge is 2.49. The van der Waals surface area contributed by atoms with Crippen LogP contribution < -0.4 is 0 Å². The number of hydrogen-bond donors (Lipinski definition) is 1. The van der Waals surface area contributed by atoms with Crippen molar-refractivity contribution in [1.82, 2.24) is 4.90 Å². The minimum atomic E-state index is -1.09. The highest BCUT2D eigenvalue weighted by atomic mass is 16.6. The fraction of sp³-hybridized carbons (Fsp3) is 0.500. The van der Waals surface area contributed by atoms with Gasteiger partial charge in [0.05, 0.1) is 12.1 Å². The van der Waals surface area contributed by atoms with E-state index in [1.165, 1.54) is 4.90 Å². The third-order valence-corrected chi connectivity index (χ3v) is 3.26. The van der Waals surface area contributed by atoms with Crippen LogP contribution in [0.25, 0.3) is 0 Å². The van der Waals surface area contributed by atoms with E-state index < -0.39 is 29.8 Å². The first-order valence-corrected chi connectivity index (χ1v) is 7.16. The number of amides is 1. The summed E-state index contributed by atoms with van der Waals surface area (Å²) in [5.41, 5.74) is 0.393. The van der Waals surface area contributed by atoms with E-state index in [9.17, 15) is 14.7 Å². The Kier molecular flexibility index (Phi) is 4.71. The molecule has 1 N–H and O–H groups in total. The Morgan fingerprint density at radius 2 is 1.91 bits per heavy atom. The summed E-state index contributed by atoms with van der Waals surface area (Å²) in [6, 6.07) is 8.24. The van der Waals surface area contributed by atoms with Gasteiger partial charge in [-0.25, -0.2) is 9.59 Å². The first-order chi connectivity index (χ1) is 10.3. The fourth-order valence-corrected chi connectivity index (χ4v) is 2.31. The van der Waals surface area contributed by atoms with Crippen molar-refractivity contribution in [3.8, 4) is 0 Å². The number of aliphatic carboxylic acids is 1. The molecule has 1 heterocycles. The van der Waals surface area contributed by atoms with Gasteiger partial charge in [-0.1, -0.05) is 30.3 Å². The van der Waals surface area contributed by atoms with Gasteiger partial charge in [-0.3, -0.25) is 4.90 Å². The van der Waals surface area contributed by atoms with Gasteiger partial charge in [0.25, 0.3) is 0 Å². The minimum absolute atomic E-state index is 0.118. The van der Waals surface area contributed by atoms with E-state index in [2.05, 4.69) is 0 Å². The fourth-order valence-electron chi connectivity index (χ4n) is 2.31. The molecule has 22 heavy (non-hydrogen) atoms.